The first-order valence-electron chi connectivity index (χ1n) is 17.2. The normalized spacial score (nSPS) is 12.3. The minimum absolute atomic E-state index is 0.298. The number of fused-ring (bicyclic) bond motifs is 2. The van der Waals surface area contributed by atoms with Gasteiger partial charge in [-0.05, 0) is 84.8 Å². The van der Waals surface area contributed by atoms with Crippen LogP contribution in [0.25, 0.3) is 54.9 Å². The minimum Gasteiger partial charge on any atom is -0.507 e. The fourth-order valence-corrected chi connectivity index (χ4v) is 7.24. The first-order chi connectivity index (χ1) is 22.4. The van der Waals surface area contributed by atoms with Crippen molar-refractivity contribution in [1.29, 1.82) is 0 Å². The molecule has 0 saturated heterocycles. The number of phenols is 1. The maximum atomic E-state index is 12.9. The molecule has 0 aliphatic heterocycles. The van der Waals surface area contributed by atoms with Gasteiger partial charge in [0.25, 0.3) is 0 Å². The highest BCUT2D eigenvalue weighted by Crippen LogP contribution is 2.51. The summed E-state index contributed by atoms with van der Waals surface area (Å²) in [6.07, 6.45) is 0. The van der Waals surface area contributed by atoms with Gasteiger partial charge in [0, 0.05) is 22.3 Å². The molecule has 0 spiro atoms. The summed E-state index contributed by atoms with van der Waals surface area (Å²) in [7, 11) is 6.76. The van der Waals surface area contributed by atoms with Crippen LogP contribution in [0.15, 0.2) is 103 Å². The summed E-state index contributed by atoms with van der Waals surface area (Å²) in [5.41, 5.74) is 11.8. The SMILES string of the molecule is CC(C)c1cc(C(C)C)c(-c2cc3ccccc3c(-c3c(C[N+](C)(C)C)c(-c4ccccc4)cc4ccccc34)c2O)c(C(C)C)c1. The summed E-state index contributed by atoms with van der Waals surface area (Å²) in [5, 5.41) is 17.5. The van der Waals surface area contributed by atoms with Gasteiger partial charge in [0.15, 0.2) is 0 Å². The number of phenolic OH excluding ortho intramolecular Hbond substituents is 1. The van der Waals surface area contributed by atoms with Gasteiger partial charge in [-0.2, -0.15) is 0 Å². The van der Waals surface area contributed by atoms with Crippen molar-refractivity contribution < 1.29 is 9.59 Å². The Balaban J connectivity index is 1.83. The van der Waals surface area contributed by atoms with Crippen molar-refractivity contribution in [2.75, 3.05) is 21.1 Å². The van der Waals surface area contributed by atoms with Crippen LogP contribution in [0.4, 0.5) is 0 Å². The molecule has 6 aromatic carbocycles. The van der Waals surface area contributed by atoms with Crippen LogP contribution in [-0.2, 0) is 6.54 Å². The number of hydrogen-bond acceptors (Lipinski definition) is 1. The summed E-state index contributed by atoms with van der Waals surface area (Å²) in [4.78, 5) is 0. The van der Waals surface area contributed by atoms with E-state index < -0.39 is 0 Å². The Morgan fingerprint density at radius 2 is 1.02 bits per heavy atom. The Hall–Kier alpha value is -4.40. The summed E-state index contributed by atoms with van der Waals surface area (Å²) in [6.45, 7) is 14.5. The molecule has 0 aliphatic carbocycles. The molecule has 0 saturated carbocycles. The molecule has 6 aromatic rings. The molecular formula is C45H50NO+. The molecule has 2 nitrogen and oxygen atoms in total. The largest absolute Gasteiger partial charge is 0.507 e. The third-order valence-corrected chi connectivity index (χ3v) is 9.55. The first kappa shape index (κ1) is 32.5. The maximum Gasteiger partial charge on any atom is 0.131 e. The van der Waals surface area contributed by atoms with E-state index in [0.29, 0.717) is 23.5 Å². The topological polar surface area (TPSA) is 20.2 Å². The second-order valence-corrected chi connectivity index (χ2v) is 15.2. The Morgan fingerprint density at radius 3 is 1.53 bits per heavy atom. The summed E-state index contributed by atoms with van der Waals surface area (Å²) in [6, 6.07) is 37.4. The van der Waals surface area contributed by atoms with E-state index in [1.54, 1.807) is 0 Å². The van der Waals surface area contributed by atoms with Crippen LogP contribution in [0, 0.1) is 0 Å². The average molecular weight is 621 g/mol. The van der Waals surface area contributed by atoms with Crippen LogP contribution in [0.1, 0.15) is 81.5 Å². The molecule has 0 aromatic heterocycles. The van der Waals surface area contributed by atoms with Gasteiger partial charge in [0.05, 0.1) is 21.1 Å². The van der Waals surface area contributed by atoms with Crippen LogP contribution in [-0.4, -0.2) is 30.7 Å². The number of quaternary nitrogens is 1. The highest BCUT2D eigenvalue weighted by molar-refractivity contribution is 6.13. The van der Waals surface area contributed by atoms with E-state index in [1.807, 2.05) is 0 Å². The maximum absolute atomic E-state index is 12.9. The van der Waals surface area contributed by atoms with Gasteiger partial charge >= 0.3 is 0 Å². The molecule has 0 fully saturated rings. The quantitative estimate of drug-likeness (QED) is 0.168. The highest BCUT2D eigenvalue weighted by Gasteiger charge is 2.28. The fraction of sp³-hybridized carbons (Fsp3) is 0.289. The summed E-state index contributed by atoms with van der Waals surface area (Å²) >= 11 is 0. The number of nitrogens with zero attached hydrogens (tertiary/aromatic N) is 1. The van der Waals surface area contributed by atoms with Crippen LogP contribution in [0.2, 0.25) is 0 Å². The third kappa shape index (κ3) is 6.20. The zero-order valence-electron chi connectivity index (χ0n) is 29.6. The standard InChI is InChI=1S/C45H49NO/c1-28(2)34-25-37(29(3)4)42(38(26-34)30(5)6)40-24-33-20-14-16-22-36(33)44(45(40)47)43-35-21-15-13-19-32(35)23-39(31-17-11-10-12-18-31)41(43)27-46(7,8)9/h10-26,28-30H,27H2,1-9H3/p+1. The predicted molar refractivity (Wildman–Crippen MR) is 203 cm³/mol. The Labute approximate surface area is 281 Å². The second-order valence-electron chi connectivity index (χ2n) is 15.2. The molecule has 47 heavy (non-hydrogen) atoms. The Morgan fingerprint density at radius 1 is 0.532 bits per heavy atom. The molecule has 0 bridgehead atoms. The third-order valence-electron chi connectivity index (χ3n) is 9.55. The Kier molecular flexibility index (Phi) is 8.76. The number of benzene rings is 6. The van der Waals surface area contributed by atoms with Crippen LogP contribution < -0.4 is 0 Å². The lowest BCUT2D eigenvalue weighted by atomic mass is 9.79. The van der Waals surface area contributed by atoms with Gasteiger partial charge in [-0.25, -0.2) is 0 Å². The van der Waals surface area contributed by atoms with E-state index >= 15 is 0 Å². The van der Waals surface area contributed by atoms with Gasteiger partial charge in [0.1, 0.15) is 12.3 Å². The molecule has 2 heteroatoms. The van der Waals surface area contributed by atoms with Crippen molar-refractivity contribution >= 4 is 21.5 Å². The van der Waals surface area contributed by atoms with Gasteiger partial charge in [-0.15, -0.1) is 0 Å². The van der Waals surface area contributed by atoms with E-state index in [4.69, 9.17) is 0 Å². The fourth-order valence-electron chi connectivity index (χ4n) is 7.24. The van der Waals surface area contributed by atoms with Crippen LogP contribution in [0.5, 0.6) is 5.75 Å². The van der Waals surface area contributed by atoms with E-state index in [9.17, 15) is 5.11 Å². The molecular weight excluding hydrogens is 571 g/mol. The van der Waals surface area contributed by atoms with Crippen molar-refractivity contribution in [1.82, 2.24) is 0 Å². The van der Waals surface area contributed by atoms with Gasteiger partial charge in [-0.3, -0.25) is 0 Å². The molecule has 240 valence electrons. The van der Waals surface area contributed by atoms with Crippen molar-refractivity contribution in [3.63, 3.8) is 0 Å². The van der Waals surface area contributed by atoms with E-state index in [1.165, 1.54) is 44.3 Å². The molecule has 0 aliphatic rings. The molecule has 0 radical (unpaired) electrons. The highest BCUT2D eigenvalue weighted by atomic mass is 16.3. The van der Waals surface area contributed by atoms with Gasteiger partial charge in [-0.1, -0.05) is 133 Å². The zero-order chi connectivity index (χ0) is 33.6. The lowest BCUT2D eigenvalue weighted by Gasteiger charge is -2.29. The molecule has 1 N–H and O–H groups in total. The Bertz CT molecular complexity index is 2050. The molecule has 0 atom stereocenters. The summed E-state index contributed by atoms with van der Waals surface area (Å²) in [5.74, 6) is 1.38. The van der Waals surface area contributed by atoms with Gasteiger partial charge < -0.3 is 9.59 Å². The minimum atomic E-state index is 0.298. The van der Waals surface area contributed by atoms with Crippen molar-refractivity contribution in [2.24, 2.45) is 0 Å². The van der Waals surface area contributed by atoms with E-state index in [-0.39, 0.29) is 0 Å². The van der Waals surface area contributed by atoms with E-state index in [2.05, 4.69) is 166 Å². The lowest BCUT2D eigenvalue weighted by molar-refractivity contribution is -0.883. The predicted octanol–water partition coefficient (Wildman–Crippen LogP) is 12.3. The van der Waals surface area contributed by atoms with Crippen LogP contribution >= 0.6 is 0 Å². The number of rotatable bonds is 8. The second kappa shape index (κ2) is 12.7. The molecule has 0 heterocycles. The molecule has 0 unspecified atom stereocenters. The van der Waals surface area contributed by atoms with Crippen molar-refractivity contribution in [3.8, 4) is 39.1 Å². The van der Waals surface area contributed by atoms with Gasteiger partial charge in [0.2, 0.25) is 0 Å². The first-order valence-corrected chi connectivity index (χ1v) is 17.2. The molecule has 0 amide bonds. The average Bonchev–Trinajstić information content (AvgIpc) is 3.03. The number of hydrogen-bond donors (Lipinski definition) is 1. The molecule has 6 rings (SSSR count). The monoisotopic (exact) mass is 620 g/mol. The van der Waals surface area contributed by atoms with Crippen molar-refractivity contribution in [2.45, 2.75) is 65.8 Å². The smallest absolute Gasteiger partial charge is 0.131 e. The van der Waals surface area contributed by atoms with E-state index in [0.717, 1.165) is 43.9 Å². The van der Waals surface area contributed by atoms with Crippen LogP contribution in [0.3, 0.4) is 0 Å². The zero-order valence-corrected chi connectivity index (χ0v) is 29.6. The summed E-state index contributed by atoms with van der Waals surface area (Å²) < 4.78 is 0.759. The number of aromatic hydroxyl groups is 1. The van der Waals surface area contributed by atoms with Crippen molar-refractivity contribution in [3.05, 3.63) is 125 Å². The lowest BCUT2D eigenvalue weighted by Crippen LogP contribution is -2.33.